The van der Waals surface area contributed by atoms with Crippen molar-refractivity contribution in [3.8, 4) is 5.75 Å². The van der Waals surface area contributed by atoms with Gasteiger partial charge in [-0.15, -0.1) is 0 Å². The summed E-state index contributed by atoms with van der Waals surface area (Å²) in [6.07, 6.45) is 1.90. The van der Waals surface area contributed by atoms with Crippen LogP contribution in [0.3, 0.4) is 0 Å². The zero-order valence-corrected chi connectivity index (χ0v) is 20.1. The summed E-state index contributed by atoms with van der Waals surface area (Å²) < 4.78 is 32.8. The summed E-state index contributed by atoms with van der Waals surface area (Å²) in [5.74, 6) is -2.48. The normalized spacial score (nSPS) is 19.5. The SMILES string of the molecule is Cc1ccc(C2=C(n3nn[nH]c3=O)C(=O)N[C@@]3(CCc4cc(OCCCC(C)(F)F)ccc43)C2)cc1. The summed E-state index contributed by atoms with van der Waals surface area (Å²) in [5.41, 5.74) is 3.57. The number of tetrazole rings is 1. The van der Waals surface area contributed by atoms with Crippen molar-refractivity contribution < 1.29 is 18.3 Å². The third-order valence-electron chi connectivity index (χ3n) is 6.86. The smallest absolute Gasteiger partial charge is 0.366 e. The molecule has 1 aromatic heterocycles. The van der Waals surface area contributed by atoms with E-state index in [0.717, 1.165) is 40.3 Å². The van der Waals surface area contributed by atoms with Crippen LogP contribution in [-0.4, -0.2) is 38.6 Å². The molecule has 1 aliphatic carbocycles. The Kier molecular flexibility index (Phi) is 5.97. The molecule has 0 bridgehead atoms. The molecule has 188 valence electrons. The van der Waals surface area contributed by atoms with Gasteiger partial charge in [0.15, 0.2) is 0 Å². The molecule has 1 spiro atoms. The molecule has 2 aliphatic rings. The Morgan fingerprint density at radius 1 is 1.17 bits per heavy atom. The van der Waals surface area contributed by atoms with E-state index in [1.165, 1.54) is 0 Å². The summed E-state index contributed by atoms with van der Waals surface area (Å²) in [6.45, 7) is 3.10. The standard InChI is InChI=1S/C26H27F2N5O3/c1-16-4-6-17(7-5-16)20-15-26(29-23(34)22(20)33-24(35)30-31-32-33)12-10-18-14-19(8-9-21(18)26)36-13-3-11-25(2,27)28/h4-9,14H,3,10-13,15H2,1-2H3,(H,29,34)(H,30,32,35)/t26-/m0/s1. The molecule has 8 nitrogen and oxygen atoms in total. The number of nitrogens with one attached hydrogen (secondary N) is 2. The second kappa shape index (κ2) is 9.00. The Hall–Kier alpha value is -3.82. The van der Waals surface area contributed by atoms with Crippen molar-refractivity contribution in [3.63, 3.8) is 0 Å². The molecular formula is C26H27F2N5O3. The van der Waals surface area contributed by atoms with E-state index >= 15 is 0 Å². The fourth-order valence-corrected chi connectivity index (χ4v) is 5.11. The lowest BCUT2D eigenvalue weighted by molar-refractivity contribution is -0.118. The predicted molar refractivity (Wildman–Crippen MR) is 129 cm³/mol. The first-order valence-electron chi connectivity index (χ1n) is 11.9. The maximum atomic E-state index is 13.5. The fourth-order valence-electron chi connectivity index (χ4n) is 5.11. The minimum absolute atomic E-state index is 0.157. The van der Waals surface area contributed by atoms with Crippen LogP contribution in [0.15, 0.2) is 47.3 Å². The summed E-state index contributed by atoms with van der Waals surface area (Å²) in [5, 5.41) is 12.8. The number of aryl methyl sites for hydroxylation is 2. The quantitative estimate of drug-likeness (QED) is 0.486. The van der Waals surface area contributed by atoms with Crippen LogP contribution in [0.2, 0.25) is 0 Å². The first-order valence-corrected chi connectivity index (χ1v) is 11.9. The molecule has 1 aliphatic heterocycles. The lowest BCUT2D eigenvalue weighted by Crippen LogP contribution is -2.49. The van der Waals surface area contributed by atoms with E-state index in [4.69, 9.17) is 4.74 Å². The average Bonchev–Trinajstić information content (AvgIpc) is 3.40. The van der Waals surface area contributed by atoms with Gasteiger partial charge in [0, 0.05) is 12.8 Å². The molecule has 10 heteroatoms. The number of ether oxygens (including phenoxy) is 1. The summed E-state index contributed by atoms with van der Waals surface area (Å²) in [7, 11) is 0. The van der Waals surface area contributed by atoms with Gasteiger partial charge in [-0.2, -0.15) is 4.68 Å². The lowest BCUT2D eigenvalue weighted by Gasteiger charge is -2.37. The van der Waals surface area contributed by atoms with Crippen LogP contribution < -0.4 is 15.7 Å². The van der Waals surface area contributed by atoms with Gasteiger partial charge in [-0.25, -0.2) is 18.7 Å². The van der Waals surface area contributed by atoms with Crippen LogP contribution in [0.25, 0.3) is 11.3 Å². The van der Waals surface area contributed by atoms with Gasteiger partial charge in [-0.3, -0.25) is 4.79 Å². The number of halogens is 2. The number of aromatic nitrogens is 4. The van der Waals surface area contributed by atoms with Gasteiger partial charge in [0.1, 0.15) is 11.4 Å². The van der Waals surface area contributed by atoms with E-state index in [-0.39, 0.29) is 25.1 Å². The molecule has 1 amide bonds. The Labute approximate surface area is 206 Å². The van der Waals surface area contributed by atoms with Crippen molar-refractivity contribution in [2.45, 2.75) is 57.4 Å². The van der Waals surface area contributed by atoms with Crippen molar-refractivity contribution in [1.29, 1.82) is 0 Å². The molecule has 3 aromatic rings. The molecule has 0 unspecified atom stereocenters. The number of hydrogen-bond acceptors (Lipinski definition) is 5. The van der Waals surface area contributed by atoms with Crippen LogP contribution in [0.1, 0.15) is 54.9 Å². The van der Waals surface area contributed by atoms with E-state index < -0.39 is 23.1 Å². The van der Waals surface area contributed by atoms with Crippen molar-refractivity contribution in [1.82, 2.24) is 25.5 Å². The molecular weight excluding hydrogens is 468 g/mol. The van der Waals surface area contributed by atoms with Gasteiger partial charge in [0.05, 0.1) is 12.1 Å². The molecule has 0 saturated heterocycles. The zero-order valence-electron chi connectivity index (χ0n) is 20.1. The zero-order chi connectivity index (χ0) is 25.5. The number of benzene rings is 2. The van der Waals surface area contributed by atoms with Crippen LogP contribution in [0.4, 0.5) is 8.78 Å². The summed E-state index contributed by atoms with van der Waals surface area (Å²) >= 11 is 0. The molecule has 1 atom stereocenters. The maximum Gasteiger partial charge on any atom is 0.366 e. The van der Waals surface area contributed by atoms with E-state index in [0.29, 0.717) is 24.2 Å². The first-order chi connectivity index (χ1) is 17.2. The fraction of sp³-hybridized carbons (Fsp3) is 0.385. The van der Waals surface area contributed by atoms with Crippen LogP contribution in [0, 0.1) is 6.92 Å². The first kappa shape index (κ1) is 23.9. The predicted octanol–water partition coefficient (Wildman–Crippen LogP) is 3.82. The van der Waals surface area contributed by atoms with Gasteiger partial charge in [0.25, 0.3) is 5.91 Å². The van der Waals surface area contributed by atoms with Crippen molar-refractivity contribution in [2.24, 2.45) is 0 Å². The number of carbonyl (C=O) groups is 1. The van der Waals surface area contributed by atoms with Gasteiger partial charge in [-0.05, 0) is 77.9 Å². The number of rotatable bonds is 7. The van der Waals surface area contributed by atoms with Gasteiger partial charge in [0.2, 0.25) is 5.92 Å². The molecule has 2 heterocycles. The van der Waals surface area contributed by atoms with Gasteiger partial charge >= 0.3 is 5.69 Å². The van der Waals surface area contributed by atoms with E-state index in [2.05, 4.69) is 20.8 Å². The van der Waals surface area contributed by atoms with Gasteiger partial charge < -0.3 is 10.1 Å². The molecule has 0 fully saturated rings. The minimum Gasteiger partial charge on any atom is -0.494 e. The monoisotopic (exact) mass is 495 g/mol. The third-order valence-corrected chi connectivity index (χ3v) is 6.86. The number of aromatic amines is 1. The third kappa shape index (κ3) is 4.55. The Morgan fingerprint density at radius 3 is 2.64 bits per heavy atom. The van der Waals surface area contributed by atoms with E-state index in [1.54, 1.807) is 0 Å². The lowest BCUT2D eigenvalue weighted by atomic mass is 9.79. The number of hydrogen-bond donors (Lipinski definition) is 2. The van der Waals surface area contributed by atoms with Crippen molar-refractivity contribution in [2.75, 3.05) is 6.61 Å². The Bertz CT molecular complexity index is 1390. The molecule has 2 aromatic carbocycles. The Balaban J connectivity index is 1.47. The molecule has 0 saturated carbocycles. The van der Waals surface area contributed by atoms with Crippen LogP contribution in [0.5, 0.6) is 5.75 Å². The topological polar surface area (TPSA) is 102 Å². The molecule has 0 radical (unpaired) electrons. The molecule has 5 rings (SSSR count). The highest BCUT2D eigenvalue weighted by Crippen LogP contribution is 2.47. The highest BCUT2D eigenvalue weighted by molar-refractivity contribution is 6.22. The molecule has 2 N–H and O–H groups in total. The van der Waals surface area contributed by atoms with Crippen LogP contribution >= 0.6 is 0 Å². The summed E-state index contributed by atoms with van der Waals surface area (Å²) in [6, 6.07) is 13.5. The number of H-pyrrole nitrogens is 1. The minimum atomic E-state index is -2.70. The van der Waals surface area contributed by atoms with Crippen LogP contribution in [-0.2, 0) is 16.8 Å². The largest absolute Gasteiger partial charge is 0.494 e. The molecule has 36 heavy (non-hydrogen) atoms. The average molecular weight is 496 g/mol. The van der Waals surface area contributed by atoms with E-state index in [9.17, 15) is 18.4 Å². The Morgan fingerprint density at radius 2 is 1.94 bits per heavy atom. The number of amides is 1. The summed E-state index contributed by atoms with van der Waals surface area (Å²) in [4.78, 5) is 25.8. The second-order valence-electron chi connectivity index (χ2n) is 9.67. The number of fused-ring (bicyclic) bond motifs is 2. The number of nitrogens with zero attached hydrogens (tertiary/aromatic N) is 3. The van der Waals surface area contributed by atoms with Crippen molar-refractivity contribution >= 4 is 17.2 Å². The maximum absolute atomic E-state index is 13.5. The van der Waals surface area contributed by atoms with Gasteiger partial charge in [-0.1, -0.05) is 35.9 Å². The highest BCUT2D eigenvalue weighted by Gasteiger charge is 2.46. The van der Waals surface area contributed by atoms with E-state index in [1.807, 2.05) is 49.4 Å². The highest BCUT2D eigenvalue weighted by atomic mass is 19.3. The second-order valence-corrected chi connectivity index (χ2v) is 9.67. The van der Waals surface area contributed by atoms with Crippen molar-refractivity contribution in [3.05, 3.63) is 75.2 Å². The number of alkyl halides is 2. The number of carbonyl (C=O) groups excluding carboxylic acids is 1.